The second-order valence-electron chi connectivity index (χ2n) is 5.20. The molecule has 0 aromatic heterocycles. The summed E-state index contributed by atoms with van der Waals surface area (Å²) < 4.78 is 38.7. The average Bonchev–Trinajstić information content (AvgIpc) is 2.54. The van der Waals surface area contributed by atoms with Gasteiger partial charge >= 0.3 is 12.2 Å². The van der Waals surface area contributed by atoms with E-state index < -0.39 is 35.5 Å². The van der Waals surface area contributed by atoms with Crippen LogP contribution in [0.4, 0.5) is 23.7 Å². The molecule has 2 rings (SSSR count). The number of hydrogen-bond donors (Lipinski definition) is 2. The van der Waals surface area contributed by atoms with Gasteiger partial charge in [0.15, 0.2) is 0 Å². The highest BCUT2D eigenvalue weighted by atomic mass is 19.4. The van der Waals surface area contributed by atoms with Gasteiger partial charge in [-0.1, -0.05) is 42.5 Å². The second-order valence-corrected chi connectivity index (χ2v) is 5.20. The number of carboxylic acid groups (broad SMARTS) is 1. The van der Waals surface area contributed by atoms with Crippen molar-refractivity contribution in [1.82, 2.24) is 5.32 Å². The summed E-state index contributed by atoms with van der Waals surface area (Å²) in [6.45, 7) is 0. The first-order valence-corrected chi connectivity index (χ1v) is 7.26. The lowest BCUT2D eigenvalue weighted by Crippen LogP contribution is -2.50. The minimum atomic E-state index is -4.65. The Labute approximate surface area is 141 Å². The molecule has 0 aliphatic heterocycles. The Morgan fingerprint density at radius 2 is 1.60 bits per heavy atom. The predicted molar refractivity (Wildman–Crippen MR) is 82.5 cm³/mol. The maximum atomic E-state index is 12.9. The van der Waals surface area contributed by atoms with Crippen LogP contribution < -0.4 is 15.7 Å². The van der Waals surface area contributed by atoms with Crippen molar-refractivity contribution in [2.24, 2.45) is 0 Å². The van der Waals surface area contributed by atoms with Crippen molar-refractivity contribution in [1.29, 1.82) is 0 Å². The summed E-state index contributed by atoms with van der Waals surface area (Å²) in [6, 6.07) is 10.4. The summed E-state index contributed by atoms with van der Waals surface area (Å²) >= 11 is 0. The molecular weight excluding hydrogens is 337 g/mol. The van der Waals surface area contributed by atoms with Gasteiger partial charge < -0.3 is 20.5 Å². The summed E-state index contributed by atoms with van der Waals surface area (Å²) in [5.41, 5.74) is -0.866. The van der Waals surface area contributed by atoms with Crippen LogP contribution in [0.15, 0.2) is 54.6 Å². The van der Waals surface area contributed by atoms with Crippen molar-refractivity contribution in [3.05, 3.63) is 65.7 Å². The number of hydrogen-bond acceptors (Lipinski definition) is 3. The molecule has 2 aromatic carbocycles. The molecule has 0 heterocycles. The van der Waals surface area contributed by atoms with Crippen LogP contribution in [-0.4, -0.2) is 18.0 Å². The zero-order valence-corrected chi connectivity index (χ0v) is 12.8. The van der Waals surface area contributed by atoms with Crippen molar-refractivity contribution in [2.75, 3.05) is 5.32 Å². The number of carbonyl (C=O) groups excluding carboxylic acids is 2. The number of para-hydroxylation sites is 1. The Morgan fingerprint density at radius 3 is 2.20 bits per heavy atom. The molecule has 0 aliphatic carbocycles. The van der Waals surface area contributed by atoms with Gasteiger partial charge in [-0.05, 0) is 24.1 Å². The number of carbonyl (C=O) groups is 2. The summed E-state index contributed by atoms with van der Waals surface area (Å²) in [5, 5.41) is 15.3. The van der Waals surface area contributed by atoms with Gasteiger partial charge in [-0.25, -0.2) is 4.79 Å². The second kappa shape index (κ2) is 7.69. The van der Waals surface area contributed by atoms with E-state index in [0.29, 0.717) is 5.56 Å². The number of urea groups is 1. The molecule has 0 unspecified atom stereocenters. The average molecular weight is 351 g/mol. The van der Waals surface area contributed by atoms with Gasteiger partial charge in [-0.15, -0.1) is 0 Å². The van der Waals surface area contributed by atoms with Crippen LogP contribution >= 0.6 is 0 Å². The van der Waals surface area contributed by atoms with Crippen LogP contribution in [0.3, 0.4) is 0 Å². The molecule has 0 fully saturated rings. The van der Waals surface area contributed by atoms with Crippen molar-refractivity contribution in [2.45, 2.75) is 18.6 Å². The maximum absolute atomic E-state index is 12.9. The van der Waals surface area contributed by atoms with Gasteiger partial charge in [0.25, 0.3) is 0 Å². The Bertz CT molecular complexity index is 748. The number of benzene rings is 2. The van der Waals surface area contributed by atoms with Gasteiger partial charge in [-0.2, -0.15) is 13.2 Å². The molecule has 1 atom stereocenters. The third-order valence-electron chi connectivity index (χ3n) is 3.35. The molecule has 0 spiro atoms. The van der Waals surface area contributed by atoms with E-state index in [1.165, 1.54) is 12.1 Å². The van der Waals surface area contributed by atoms with E-state index in [1.807, 2.05) is 5.32 Å². The van der Waals surface area contributed by atoms with Crippen LogP contribution in [0.25, 0.3) is 0 Å². The van der Waals surface area contributed by atoms with Gasteiger partial charge in [0.05, 0.1) is 23.3 Å². The highest BCUT2D eigenvalue weighted by Gasteiger charge is 2.33. The van der Waals surface area contributed by atoms with Crippen LogP contribution in [0, 0.1) is 0 Å². The maximum Gasteiger partial charge on any atom is 0.418 e. The van der Waals surface area contributed by atoms with E-state index >= 15 is 0 Å². The lowest BCUT2D eigenvalue weighted by molar-refractivity contribution is -0.308. The van der Waals surface area contributed by atoms with E-state index in [4.69, 9.17) is 0 Å². The molecule has 5 nitrogen and oxygen atoms in total. The SMILES string of the molecule is O=C(Nc1ccccc1C(F)(F)F)N[C@@H](Cc1ccccc1)C(=O)[O-]. The number of anilines is 1. The summed E-state index contributed by atoms with van der Waals surface area (Å²) in [5.74, 6) is -1.54. The fourth-order valence-electron chi connectivity index (χ4n) is 2.20. The molecule has 0 saturated carbocycles. The first kappa shape index (κ1) is 18.3. The van der Waals surface area contributed by atoms with Crippen LogP contribution in [-0.2, 0) is 17.4 Å². The van der Waals surface area contributed by atoms with Gasteiger partial charge in [0, 0.05) is 0 Å². The molecule has 132 valence electrons. The van der Waals surface area contributed by atoms with Crippen molar-refractivity contribution in [3.8, 4) is 0 Å². The normalized spacial score (nSPS) is 12.3. The summed E-state index contributed by atoms with van der Waals surface area (Å²) in [4.78, 5) is 23.1. The topological polar surface area (TPSA) is 81.3 Å². The molecule has 0 aliphatic rings. The third kappa shape index (κ3) is 5.23. The standard InChI is InChI=1S/C17H15F3N2O3/c18-17(19,20)12-8-4-5-9-13(12)21-16(25)22-14(15(23)24)10-11-6-2-1-3-7-11/h1-9,14H,10H2,(H,23,24)(H2,21,22,25)/p-1/t14-/m0/s1. The monoisotopic (exact) mass is 351 g/mol. The van der Waals surface area contributed by atoms with E-state index in [9.17, 15) is 27.9 Å². The molecule has 8 heteroatoms. The lowest BCUT2D eigenvalue weighted by Gasteiger charge is -2.21. The number of amides is 2. The predicted octanol–water partition coefficient (Wildman–Crippen LogP) is 2.19. The fourth-order valence-corrected chi connectivity index (χ4v) is 2.20. The van der Waals surface area contributed by atoms with Gasteiger partial charge in [0.2, 0.25) is 0 Å². The summed E-state index contributed by atoms with van der Waals surface area (Å²) in [6.07, 6.45) is -4.71. The highest BCUT2D eigenvalue weighted by Crippen LogP contribution is 2.34. The number of carboxylic acids is 1. The largest absolute Gasteiger partial charge is 0.548 e. The highest BCUT2D eigenvalue weighted by molar-refractivity contribution is 5.92. The van der Waals surface area contributed by atoms with E-state index in [0.717, 1.165) is 12.1 Å². The molecule has 0 bridgehead atoms. The molecule has 0 radical (unpaired) electrons. The van der Waals surface area contributed by atoms with Gasteiger partial charge in [0.1, 0.15) is 0 Å². The first-order valence-electron chi connectivity index (χ1n) is 7.26. The van der Waals surface area contributed by atoms with E-state index in [2.05, 4.69) is 5.32 Å². The molecule has 0 saturated heterocycles. The lowest BCUT2D eigenvalue weighted by atomic mass is 10.1. The van der Waals surface area contributed by atoms with Crippen LogP contribution in [0.2, 0.25) is 0 Å². The Morgan fingerprint density at radius 1 is 1.00 bits per heavy atom. The first-order chi connectivity index (χ1) is 11.8. The van der Waals surface area contributed by atoms with Crippen molar-refractivity contribution >= 4 is 17.7 Å². The zero-order chi connectivity index (χ0) is 18.4. The minimum Gasteiger partial charge on any atom is -0.548 e. The van der Waals surface area contributed by atoms with Gasteiger partial charge in [-0.3, -0.25) is 0 Å². The molecule has 2 aromatic rings. The molecule has 2 N–H and O–H groups in total. The molecule has 2 amide bonds. The third-order valence-corrected chi connectivity index (χ3v) is 3.35. The Kier molecular flexibility index (Phi) is 5.63. The minimum absolute atomic E-state index is 0.0580. The van der Waals surface area contributed by atoms with Crippen molar-refractivity contribution in [3.63, 3.8) is 0 Å². The smallest absolute Gasteiger partial charge is 0.418 e. The number of alkyl halides is 3. The van der Waals surface area contributed by atoms with Crippen LogP contribution in [0.5, 0.6) is 0 Å². The van der Waals surface area contributed by atoms with E-state index in [1.54, 1.807) is 30.3 Å². The quantitative estimate of drug-likeness (QED) is 0.866. The summed E-state index contributed by atoms with van der Waals surface area (Å²) in [7, 11) is 0. The fraction of sp³-hybridized carbons (Fsp3) is 0.176. The number of rotatable bonds is 5. The Hall–Kier alpha value is -3.03. The Balaban J connectivity index is 2.09. The number of halogens is 3. The van der Waals surface area contributed by atoms with Crippen molar-refractivity contribution < 1.29 is 27.9 Å². The van der Waals surface area contributed by atoms with E-state index in [-0.39, 0.29) is 6.42 Å². The number of nitrogens with one attached hydrogen (secondary N) is 2. The zero-order valence-electron chi connectivity index (χ0n) is 12.8. The number of aliphatic carboxylic acids is 1. The van der Waals surface area contributed by atoms with Crippen LogP contribution in [0.1, 0.15) is 11.1 Å². The molecule has 25 heavy (non-hydrogen) atoms. The molecular formula is C17H14F3N2O3-.